The molecule has 2 aromatic rings. The number of unbranched alkanes of at least 4 members (excludes halogenated alkanes) is 1. The predicted molar refractivity (Wildman–Crippen MR) is 86.2 cm³/mol. The van der Waals surface area contributed by atoms with Gasteiger partial charge >= 0.3 is 0 Å². The molecule has 1 aliphatic rings. The Morgan fingerprint density at radius 1 is 1.19 bits per heavy atom. The monoisotopic (exact) mass is 283 g/mol. The summed E-state index contributed by atoms with van der Waals surface area (Å²) in [5.41, 5.74) is 5.44. The highest BCUT2D eigenvalue weighted by Gasteiger charge is 2.19. The zero-order valence-electron chi connectivity index (χ0n) is 13.2. The van der Waals surface area contributed by atoms with Crippen LogP contribution in [0.1, 0.15) is 48.1 Å². The number of imidazole rings is 1. The van der Waals surface area contributed by atoms with Gasteiger partial charge in [0.1, 0.15) is 5.82 Å². The van der Waals surface area contributed by atoms with Crippen molar-refractivity contribution < 1.29 is 0 Å². The molecular weight excluding hydrogens is 258 g/mol. The van der Waals surface area contributed by atoms with Gasteiger partial charge in [-0.2, -0.15) is 0 Å². The molecule has 0 aliphatic carbocycles. The highest BCUT2D eigenvalue weighted by molar-refractivity contribution is 5.23. The number of rotatable bonds is 5. The van der Waals surface area contributed by atoms with Crippen LogP contribution in [0, 0.1) is 6.92 Å². The number of aryl methyl sites for hydroxylation is 2. The number of fused-ring (bicyclic) bond motifs is 1. The molecule has 0 saturated heterocycles. The highest BCUT2D eigenvalue weighted by Crippen LogP contribution is 2.19. The lowest BCUT2D eigenvalue weighted by Crippen LogP contribution is -2.30. The third kappa shape index (κ3) is 3.53. The van der Waals surface area contributed by atoms with Crippen LogP contribution >= 0.6 is 0 Å². The summed E-state index contributed by atoms with van der Waals surface area (Å²) in [6, 6.07) is 9.17. The van der Waals surface area contributed by atoms with E-state index in [0.717, 1.165) is 31.9 Å². The summed E-state index contributed by atoms with van der Waals surface area (Å²) < 4.78 is 0. The summed E-state index contributed by atoms with van der Waals surface area (Å²) in [5, 5.41) is 0. The van der Waals surface area contributed by atoms with Gasteiger partial charge in [-0.15, -0.1) is 0 Å². The number of nitrogens with one attached hydrogen (secondary N) is 1. The Kier molecular flexibility index (Phi) is 4.39. The van der Waals surface area contributed by atoms with E-state index in [9.17, 15) is 0 Å². The summed E-state index contributed by atoms with van der Waals surface area (Å²) in [6.45, 7) is 7.42. The maximum Gasteiger partial charge on any atom is 0.103 e. The van der Waals surface area contributed by atoms with Crippen LogP contribution in [0.2, 0.25) is 0 Å². The minimum absolute atomic E-state index is 0.994. The Labute approximate surface area is 127 Å². The Morgan fingerprint density at radius 3 is 2.71 bits per heavy atom. The SMILES string of the molecule is CCCCc1ccc(CN2CCc3nc(C)[nH]c3C2)cc1. The van der Waals surface area contributed by atoms with Crippen molar-refractivity contribution in [2.24, 2.45) is 0 Å². The molecule has 1 aromatic heterocycles. The summed E-state index contributed by atoms with van der Waals surface area (Å²) in [4.78, 5) is 10.4. The Hall–Kier alpha value is -1.61. The predicted octanol–water partition coefficient (Wildman–Crippen LogP) is 3.62. The molecule has 21 heavy (non-hydrogen) atoms. The summed E-state index contributed by atoms with van der Waals surface area (Å²) in [5.74, 6) is 1.04. The fourth-order valence-corrected chi connectivity index (χ4v) is 3.08. The van der Waals surface area contributed by atoms with Gasteiger partial charge in [0.15, 0.2) is 0 Å². The van der Waals surface area contributed by atoms with Crippen LogP contribution in [0.4, 0.5) is 0 Å². The summed E-state index contributed by atoms with van der Waals surface area (Å²) in [7, 11) is 0. The van der Waals surface area contributed by atoms with Crippen LogP contribution in [0.5, 0.6) is 0 Å². The molecule has 0 radical (unpaired) electrons. The molecule has 112 valence electrons. The molecule has 1 aromatic carbocycles. The number of nitrogens with zero attached hydrogens (tertiary/aromatic N) is 2. The lowest BCUT2D eigenvalue weighted by atomic mass is 10.1. The van der Waals surface area contributed by atoms with Gasteiger partial charge in [-0.1, -0.05) is 37.6 Å². The molecule has 0 saturated carbocycles. The van der Waals surface area contributed by atoms with Gasteiger partial charge in [0.25, 0.3) is 0 Å². The normalized spacial score (nSPS) is 15.1. The van der Waals surface area contributed by atoms with Gasteiger partial charge in [-0.3, -0.25) is 4.90 Å². The largest absolute Gasteiger partial charge is 0.345 e. The maximum atomic E-state index is 4.55. The van der Waals surface area contributed by atoms with E-state index in [-0.39, 0.29) is 0 Å². The third-order valence-electron chi connectivity index (χ3n) is 4.28. The number of hydrogen-bond acceptors (Lipinski definition) is 2. The Balaban J connectivity index is 1.59. The lowest BCUT2D eigenvalue weighted by molar-refractivity contribution is 0.241. The van der Waals surface area contributed by atoms with Crippen molar-refractivity contribution in [3.8, 4) is 0 Å². The highest BCUT2D eigenvalue weighted by atomic mass is 15.2. The molecule has 1 N–H and O–H groups in total. The molecule has 2 heterocycles. The fourth-order valence-electron chi connectivity index (χ4n) is 3.08. The van der Waals surface area contributed by atoms with Crippen molar-refractivity contribution in [2.75, 3.05) is 6.54 Å². The van der Waals surface area contributed by atoms with Crippen LogP contribution in [0.15, 0.2) is 24.3 Å². The van der Waals surface area contributed by atoms with E-state index in [1.165, 1.54) is 41.8 Å². The van der Waals surface area contributed by atoms with Crippen LogP contribution in [-0.4, -0.2) is 21.4 Å². The second-order valence-electron chi connectivity index (χ2n) is 6.13. The van der Waals surface area contributed by atoms with Crippen molar-refractivity contribution in [3.05, 3.63) is 52.6 Å². The zero-order chi connectivity index (χ0) is 14.7. The molecule has 1 aliphatic heterocycles. The number of hydrogen-bond donors (Lipinski definition) is 1. The quantitative estimate of drug-likeness (QED) is 0.909. The van der Waals surface area contributed by atoms with E-state index >= 15 is 0 Å². The first-order valence-corrected chi connectivity index (χ1v) is 8.09. The van der Waals surface area contributed by atoms with Crippen molar-refractivity contribution in [3.63, 3.8) is 0 Å². The maximum absolute atomic E-state index is 4.55. The molecule has 0 bridgehead atoms. The van der Waals surface area contributed by atoms with Crippen molar-refractivity contribution in [2.45, 2.75) is 52.6 Å². The van der Waals surface area contributed by atoms with E-state index in [4.69, 9.17) is 0 Å². The first-order valence-electron chi connectivity index (χ1n) is 8.09. The molecule has 0 unspecified atom stereocenters. The van der Waals surface area contributed by atoms with Crippen molar-refractivity contribution in [1.82, 2.24) is 14.9 Å². The molecule has 0 spiro atoms. The number of aromatic amines is 1. The molecular formula is C18H25N3. The molecule has 3 heteroatoms. The average molecular weight is 283 g/mol. The van der Waals surface area contributed by atoms with Gasteiger partial charge in [0, 0.05) is 26.1 Å². The van der Waals surface area contributed by atoms with Gasteiger partial charge in [-0.25, -0.2) is 4.98 Å². The van der Waals surface area contributed by atoms with E-state index in [1.807, 2.05) is 6.92 Å². The van der Waals surface area contributed by atoms with Gasteiger partial charge in [0.2, 0.25) is 0 Å². The first-order chi connectivity index (χ1) is 10.2. The van der Waals surface area contributed by atoms with Gasteiger partial charge in [-0.05, 0) is 30.9 Å². The summed E-state index contributed by atoms with van der Waals surface area (Å²) in [6.07, 6.45) is 4.82. The van der Waals surface area contributed by atoms with Crippen molar-refractivity contribution in [1.29, 1.82) is 0 Å². The van der Waals surface area contributed by atoms with Crippen LogP contribution in [0.25, 0.3) is 0 Å². The van der Waals surface area contributed by atoms with Crippen molar-refractivity contribution >= 4 is 0 Å². The van der Waals surface area contributed by atoms with Crippen LogP contribution in [0.3, 0.4) is 0 Å². The third-order valence-corrected chi connectivity index (χ3v) is 4.28. The summed E-state index contributed by atoms with van der Waals surface area (Å²) >= 11 is 0. The first kappa shape index (κ1) is 14.3. The molecule has 0 atom stereocenters. The topological polar surface area (TPSA) is 31.9 Å². The van der Waals surface area contributed by atoms with Crippen LogP contribution < -0.4 is 0 Å². The van der Waals surface area contributed by atoms with E-state index in [2.05, 4.69) is 46.1 Å². The van der Waals surface area contributed by atoms with E-state index in [0.29, 0.717) is 0 Å². The smallest absolute Gasteiger partial charge is 0.103 e. The standard InChI is InChI=1S/C18H25N3/c1-3-4-5-15-6-8-16(9-7-15)12-21-11-10-17-18(13-21)20-14(2)19-17/h6-9H,3-5,10-13H2,1-2H3,(H,19,20). The fraction of sp³-hybridized carbons (Fsp3) is 0.500. The van der Waals surface area contributed by atoms with E-state index in [1.54, 1.807) is 0 Å². The minimum Gasteiger partial charge on any atom is -0.345 e. The number of H-pyrrole nitrogens is 1. The molecule has 0 amide bonds. The Morgan fingerprint density at radius 2 is 1.95 bits per heavy atom. The molecule has 3 nitrogen and oxygen atoms in total. The van der Waals surface area contributed by atoms with Gasteiger partial charge < -0.3 is 4.98 Å². The van der Waals surface area contributed by atoms with E-state index < -0.39 is 0 Å². The number of aromatic nitrogens is 2. The van der Waals surface area contributed by atoms with Crippen LogP contribution in [-0.2, 0) is 25.9 Å². The zero-order valence-corrected chi connectivity index (χ0v) is 13.2. The lowest BCUT2D eigenvalue weighted by Gasteiger charge is -2.26. The second kappa shape index (κ2) is 6.44. The second-order valence-corrected chi connectivity index (χ2v) is 6.13. The number of benzene rings is 1. The average Bonchev–Trinajstić information content (AvgIpc) is 2.86. The minimum atomic E-state index is 0.994. The molecule has 3 rings (SSSR count). The molecule has 0 fully saturated rings. The Bertz CT molecular complexity index is 583. The van der Waals surface area contributed by atoms with Gasteiger partial charge in [0.05, 0.1) is 11.4 Å².